The Morgan fingerprint density at radius 3 is 2.33 bits per heavy atom. The van der Waals surface area contributed by atoms with Crippen LogP contribution in [-0.2, 0) is 6.54 Å². The van der Waals surface area contributed by atoms with Crippen molar-refractivity contribution >= 4 is 17.6 Å². The summed E-state index contributed by atoms with van der Waals surface area (Å²) in [5.41, 5.74) is 8.04. The van der Waals surface area contributed by atoms with E-state index >= 15 is 0 Å². The molecular formula is C18H26N6. The Morgan fingerprint density at radius 2 is 1.62 bits per heavy atom. The van der Waals surface area contributed by atoms with Crippen molar-refractivity contribution < 1.29 is 0 Å². The van der Waals surface area contributed by atoms with Crippen LogP contribution in [0.15, 0.2) is 24.3 Å². The van der Waals surface area contributed by atoms with Gasteiger partial charge in [0.1, 0.15) is 5.82 Å². The van der Waals surface area contributed by atoms with Gasteiger partial charge in [0.2, 0.25) is 11.9 Å². The highest BCUT2D eigenvalue weighted by Crippen LogP contribution is 2.16. The number of nitrogens with two attached hydrogens (primary N) is 1. The highest BCUT2D eigenvalue weighted by atomic mass is 15.2. The first kappa shape index (κ1) is 16.6. The van der Waals surface area contributed by atoms with E-state index in [-0.39, 0.29) is 5.95 Å². The van der Waals surface area contributed by atoms with Gasteiger partial charge in [-0.1, -0.05) is 37.0 Å². The third-order valence-corrected chi connectivity index (χ3v) is 4.32. The number of likely N-dealkylation sites (tertiary alicyclic amines) is 1. The number of nitrogens with one attached hydrogen (secondary N) is 1. The van der Waals surface area contributed by atoms with Gasteiger partial charge in [0, 0.05) is 5.69 Å². The molecule has 128 valence electrons. The molecule has 2 aromatic rings. The van der Waals surface area contributed by atoms with Gasteiger partial charge in [0.05, 0.1) is 6.54 Å². The van der Waals surface area contributed by atoms with Crippen LogP contribution in [0.4, 0.5) is 17.6 Å². The number of benzene rings is 1. The molecule has 1 fully saturated rings. The van der Waals surface area contributed by atoms with E-state index in [0.717, 1.165) is 31.1 Å². The number of nitrogen functional groups attached to an aromatic ring is 1. The Kier molecular flexibility index (Phi) is 5.59. The monoisotopic (exact) mass is 326 g/mol. The molecule has 0 bridgehead atoms. The largest absolute Gasteiger partial charge is 0.368 e. The van der Waals surface area contributed by atoms with Gasteiger partial charge >= 0.3 is 0 Å². The zero-order chi connectivity index (χ0) is 16.8. The average molecular weight is 326 g/mol. The van der Waals surface area contributed by atoms with Crippen molar-refractivity contribution in [2.75, 3.05) is 24.1 Å². The van der Waals surface area contributed by atoms with Crippen LogP contribution in [0.25, 0.3) is 0 Å². The fourth-order valence-corrected chi connectivity index (χ4v) is 3.00. The molecule has 6 nitrogen and oxygen atoms in total. The second kappa shape index (κ2) is 8.06. The third kappa shape index (κ3) is 4.89. The van der Waals surface area contributed by atoms with E-state index < -0.39 is 0 Å². The summed E-state index contributed by atoms with van der Waals surface area (Å²) in [5.74, 6) is 1.51. The molecule has 0 saturated carbocycles. The molecule has 1 aromatic heterocycles. The molecule has 3 rings (SSSR count). The van der Waals surface area contributed by atoms with Crippen molar-refractivity contribution in [3.8, 4) is 0 Å². The number of hydrogen-bond acceptors (Lipinski definition) is 6. The van der Waals surface area contributed by atoms with E-state index in [2.05, 4.69) is 32.1 Å². The van der Waals surface area contributed by atoms with E-state index in [1.165, 1.54) is 37.7 Å². The van der Waals surface area contributed by atoms with Crippen molar-refractivity contribution in [2.24, 2.45) is 0 Å². The smallest absolute Gasteiger partial charge is 0.232 e. The molecule has 0 unspecified atom stereocenters. The van der Waals surface area contributed by atoms with Gasteiger partial charge in [-0.25, -0.2) is 0 Å². The molecule has 1 aliphatic heterocycles. The fraction of sp³-hybridized carbons (Fsp3) is 0.500. The summed E-state index contributed by atoms with van der Waals surface area (Å²) in [5, 5.41) is 3.21. The molecule has 0 amide bonds. The van der Waals surface area contributed by atoms with Gasteiger partial charge in [-0.2, -0.15) is 15.0 Å². The van der Waals surface area contributed by atoms with Gasteiger partial charge in [-0.15, -0.1) is 0 Å². The number of rotatable bonds is 4. The first-order chi connectivity index (χ1) is 11.7. The standard InChI is InChI=1S/C18H26N6/c1-14-7-9-15(10-8-14)20-18-22-16(21-17(19)23-18)13-24-11-5-3-2-4-6-12-24/h7-10H,2-6,11-13H2,1H3,(H3,19,20,21,22,23). The topological polar surface area (TPSA) is 80.0 Å². The van der Waals surface area contributed by atoms with Crippen molar-refractivity contribution in [2.45, 2.75) is 45.6 Å². The zero-order valence-electron chi connectivity index (χ0n) is 14.3. The Morgan fingerprint density at radius 1 is 0.958 bits per heavy atom. The number of anilines is 3. The predicted octanol–water partition coefficient (Wildman–Crippen LogP) is 3.27. The van der Waals surface area contributed by atoms with Gasteiger partial charge in [0.25, 0.3) is 0 Å². The maximum absolute atomic E-state index is 5.88. The molecule has 1 saturated heterocycles. The van der Waals surface area contributed by atoms with Crippen LogP contribution in [0.2, 0.25) is 0 Å². The average Bonchev–Trinajstić information content (AvgIpc) is 2.52. The molecule has 1 aliphatic rings. The van der Waals surface area contributed by atoms with E-state index in [1.807, 2.05) is 24.3 Å². The minimum atomic E-state index is 0.265. The lowest BCUT2D eigenvalue weighted by atomic mass is 10.1. The normalized spacial score (nSPS) is 16.4. The first-order valence-electron chi connectivity index (χ1n) is 8.75. The summed E-state index contributed by atoms with van der Waals surface area (Å²) >= 11 is 0. The minimum absolute atomic E-state index is 0.265. The SMILES string of the molecule is Cc1ccc(Nc2nc(N)nc(CN3CCCCCCC3)n2)cc1. The summed E-state index contributed by atoms with van der Waals surface area (Å²) in [6, 6.07) is 8.11. The van der Waals surface area contributed by atoms with E-state index in [0.29, 0.717) is 5.95 Å². The van der Waals surface area contributed by atoms with Crippen LogP contribution in [-0.4, -0.2) is 32.9 Å². The highest BCUT2D eigenvalue weighted by Gasteiger charge is 2.12. The van der Waals surface area contributed by atoms with Gasteiger partial charge in [-0.3, -0.25) is 4.90 Å². The number of nitrogens with zero attached hydrogens (tertiary/aromatic N) is 4. The van der Waals surface area contributed by atoms with Crippen LogP contribution in [0.3, 0.4) is 0 Å². The summed E-state index contributed by atoms with van der Waals surface area (Å²) in [6.07, 6.45) is 6.48. The molecule has 1 aromatic carbocycles. The lowest BCUT2D eigenvalue weighted by Gasteiger charge is -2.23. The van der Waals surface area contributed by atoms with Crippen molar-refractivity contribution in [1.82, 2.24) is 19.9 Å². The van der Waals surface area contributed by atoms with Crippen LogP contribution in [0, 0.1) is 6.92 Å². The maximum Gasteiger partial charge on any atom is 0.232 e. The summed E-state index contributed by atoms with van der Waals surface area (Å²) in [4.78, 5) is 15.5. The van der Waals surface area contributed by atoms with Crippen molar-refractivity contribution in [1.29, 1.82) is 0 Å². The fourth-order valence-electron chi connectivity index (χ4n) is 3.00. The summed E-state index contributed by atoms with van der Waals surface area (Å²) < 4.78 is 0. The summed E-state index contributed by atoms with van der Waals surface area (Å²) in [6.45, 7) is 5.00. The minimum Gasteiger partial charge on any atom is -0.368 e. The summed E-state index contributed by atoms with van der Waals surface area (Å²) in [7, 11) is 0. The van der Waals surface area contributed by atoms with Gasteiger partial charge < -0.3 is 11.1 Å². The van der Waals surface area contributed by atoms with E-state index in [4.69, 9.17) is 5.73 Å². The van der Waals surface area contributed by atoms with E-state index in [9.17, 15) is 0 Å². The molecule has 0 aliphatic carbocycles. The highest BCUT2D eigenvalue weighted by molar-refractivity contribution is 5.54. The third-order valence-electron chi connectivity index (χ3n) is 4.32. The number of hydrogen-bond donors (Lipinski definition) is 2. The molecule has 0 radical (unpaired) electrons. The van der Waals surface area contributed by atoms with Crippen LogP contribution in [0.1, 0.15) is 43.5 Å². The molecule has 2 heterocycles. The van der Waals surface area contributed by atoms with Crippen LogP contribution < -0.4 is 11.1 Å². The van der Waals surface area contributed by atoms with Crippen molar-refractivity contribution in [3.63, 3.8) is 0 Å². The van der Waals surface area contributed by atoms with Crippen LogP contribution >= 0.6 is 0 Å². The molecule has 0 atom stereocenters. The Balaban J connectivity index is 1.69. The predicted molar refractivity (Wildman–Crippen MR) is 97.1 cm³/mol. The first-order valence-corrected chi connectivity index (χ1v) is 8.75. The van der Waals surface area contributed by atoms with Gasteiger partial charge in [0.15, 0.2) is 0 Å². The molecule has 0 spiro atoms. The second-order valence-electron chi connectivity index (χ2n) is 6.47. The number of aromatic nitrogens is 3. The second-order valence-corrected chi connectivity index (χ2v) is 6.47. The Hall–Kier alpha value is -2.21. The van der Waals surface area contributed by atoms with Crippen LogP contribution in [0.5, 0.6) is 0 Å². The molecule has 6 heteroatoms. The maximum atomic E-state index is 5.88. The Labute approximate surface area is 143 Å². The molecular weight excluding hydrogens is 300 g/mol. The Bertz CT molecular complexity index is 647. The lowest BCUT2D eigenvalue weighted by molar-refractivity contribution is 0.234. The quantitative estimate of drug-likeness (QED) is 0.897. The number of aryl methyl sites for hydroxylation is 1. The molecule has 3 N–H and O–H groups in total. The van der Waals surface area contributed by atoms with E-state index in [1.54, 1.807) is 0 Å². The van der Waals surface area contributed by atoms with Crippen molar-refractivity contribution in [3.05, 3.63) is 35.7 Å². The zero-order valence-corrected chi connectivity index (χ0v) is 14.3. The van der Waals surface area contributed by atoms with Gasteiger partial charge in [-0.05, 0) is 45.0 Å². The molecule has 24 heavy (non-hydrogen) atoms. The lowest BCUT2D eigenvalue weighted by Crippen LogP contribution is -2.28.